The average Bonchev–Trinajstić information content (AvgIpc) is 2.38. The van der Waals surface area contributed by atoms with Gasteiger partial charge >= 0.3 is 0 Å². The Morgan fingerprint density at radius 2 is 1.95 bits per heavy atom. The molecule has 1 fully saturated rings. The largest absolute Gasteiger partial charge is 0.371 e. The summed E-state index contributed by atoms with van der Waals surface area (Å²) in [6.07, 6.45) is 3.70. The second-order valence-corrected chi connectivity index (χ2v) is 6.03. The fourth-order valence-electron chi connectivity index (χ4n) is 2.96. The zero-order valence-corrected chi connectivity index (χ0v) is 12.9. The van der Waals surface area contributed by atoms with E-state index >= 15 is 0 Å². The summed E-state index contributed by atoms with van der Waals surface area (Å²) in [5.41, 5.74) is 4.20. The monoisotopic (exact) mass is 260 g/mol. The molecule has 0 aromatic heterocycles. The van der Waals surface area contributed by atoms with Gasteiger partial charge in [0.15, 0.2) is 0 Å². The summed E-state index contributed by atoms with van der Waals surface area (Å²) >= 11 is 0. The molecule has 1 N–H and O–H groups in total. The minimum absolute atomic E-state index is 0.623. The summed E-state index contributed by atoms with van der Waals surface area (Å²) in [6.45, 7) is 11.3. The molecular weight excluding hydrogens is 232 g/mol. The zero-order chi connectivity index (χ0) is 13.8. The molecule has 1 aromatic rings. The minimum atomic E-state index is 0.623. The van der Waals surface area contributed by atoms with Gasteiger partial charge in [-0.1, -0.05) is 19.1 Å². The number of nitrogens with zero attached hydrogens (tertiary/aromatic N) is 1. The molecule has 0 amide bonds. The molecule has 2 unspecified atom stereocenters. The summed E-state index contributed by atoms with van der Waals surface area (Å²) in [4.78, 5) is 2.59. The SMILES string of the molecule is CCC1CCN(c2cc(C)ccc2C)CCC(C)N1. The predicted molar refractivity (Wildman–Crippen MR) is 84.0 cm³/mol. The summed E-state index contributed by atoms with van der Waals surface area (Å²) in [5, 5.41) is 3.74. The minimum Gasteiger partial charge on any atom is -0.371 e. The molecule has 2 nitrogen and oxygen atoms in total. The van der Waals surface area contributed by atoms with Gasteiger partial charge in [-0.05, 0) is 57.2 Å². The Hall–Kier alpha value is -1.02. The van der Waals surface area contributed by atoms with Crippen molar-refractivity contribution in [3.8, 4) is 0 Å². The maximum Gasteiger partial charge on any atom is 0.0398 e. The van der Waals surface area contributed by atoms with Crippen molar-refractivity contribution in [2.24, 2.45) is 0 Å². The molecule has 0 aliphatic carbocycles. The molecule has 2 heteroatoms. The topological polar surface area (TPSA) is 15.3 Å². The van der Waals surface area contributed by atoms with Gasteiger partial charge in [0, 0.05) is 30.9 Å². The van der Waals surface area contributed by atoms with Crippen LogP contribution in [-0.4, -0.2) is 25.2 Å². The normalized spacial score (nSPS) is 24.9. The molecule has 2 atom stereocenters. The van der Waals surface area contributed by atoms with Crippen LogP contribution < -0.4 is 10.2 Å². The van der Waals surface area contributed by atoms with Crippen molar-refractivity contribution in [3.05, 3.63) is 29.3 Å². The molecule has 0 saturated carbocycles. The van der Waals surface area contributed by atoms with E-state index in [1.165, 1.54) is 42.6 Å². The van der Waals surface area contributed by atoms with Gasteiger partial charge in [0.25, 0.3) is 0 Å². The lowest BCUT2D eigenvalue weighted by molar-refractivity contribution is 0.378. The van der Waals surface area contributed by atoms with Gasteiger partial charge in [-0.3, -0.25) is 0 Å². The molecule has 0 radical (unpaired) electrons. The molecular formula is C17H28N2. The first-order chi connectivity index (χ1) is 9.10. The van der Waals surface area contributed by atoms with Crippen LogP contribution in [0, 0.1) is 13.8 Å². The Kier molecular flexibility index (Phi) is 4.87. The maximum atomic E-state index is 3.74. The lowest BCUT2D eigenvalue weighted by Gasteiger charge is -2.34. The van der Waals surface area contributed by atoms with Crippen LogP contribution in [0.25, 0.3) is 0 Å². The number of aryl methyl sites for hydroxylation is 2. The van der Waals surface area contributed by atoms with E-state index in [0.717, 1.165) is 6.54 Å². The van der Waals surface area contributed by atoms with Gasteiger partial charge in [0.2, 0.25) is 0 Å². The second kappa shape index (κ2) is 6.42. The van der Waals surface area contributed by atoms with Crippen molar-refractivity contribution in [3.63, 3.8) is 0 Å². The van der Waals surface area contributed by atoms with Gasteiger partial charge in [0.1, 0.15) is 0 Å². The third kappa shape index (κ3) is 3.73. The number of anilines is 1. The zero-order valence-electron chi connectivity index (χ0n) is 12.9. The van der Waals surface area contributed by atoms with E-state index in [1.807, 2.05) is 0 Å². The number of hydrogen-bond donors (Lipinski definition) is 1. The smallest absolute Gasteiger partial charge is 0.0398 e. The van der Waals surface area contributed by atoms with Crippen molar-refractivity contribution in [2.45, 2.75) is 59.0 Å². The van der Waals surface area contributed by atoms with Crippen LogP contribution in [0.5, 0.6) is 0 Å². The van der Waals surface area contributed by atoms with Gasteiger partial charge in [-0.25, -0.2) is 0 Å². The lowest BCUT2D eigenvalue weighted by atomic mass is 10.0. The maximum absolute atomic E-state index is 3.74. The van der Waals surface area contributed by atoms with E-state index in [9.17, 15) is 0 Å². The third-order valence-corrected chi connectivity index (χ3v) is 4.30. The molecule has 1 saturated heterocycles. The fourth-order valence-corrected chi connectivity index (χ4v) is 2.96. The summed E-state index contributed by atoms with van der Waals surface area (Å²) in [7, 11) is 0. The van der Waals surface area contributed by atoms with Crippen LogP contribution in [0.3, 0.4) is 0 Å². The standard InChI is InChI=1S/C17H28N2/c1-5-16-9-11-19(10-8-15(4)18-16)17-12-13(2)6-7-14(17)3/h6-7,12,15-16,18H,5,8-11H2,1-4H3. The van der Waals surface area contributed by atoms with Crippen LogP contribution in [-0.2, 0) is 0 Å². The first-order valence-corrected chi connectivity index (χ1v) is 7.68. The lowest BCUT2D eigenvalue weighted by Crippen LogP contribution is -2.44. The molecule has 1 aromatic carbocycles. The highest BCUT2D eigenvalue weighted by Gasteiger charge is 2.18. The van der Waals surface area contributed by atoms with E-state index in [0.29, 0.717) is 12.1 Å². The summed E-state index contributed by atoms with van der Waals surface area (Å²) < 4.78 is 0. The average molecular weight is 260 g/mol. The van der Waals surface area contributed by atoms with E-state index in [4.69, 9.17) is 0 Å². The van der Waals surface area contributed by atoms with Crippen LogP contribution in [0.15, 0.2) is 18.2 Å². The first kappa shape index (κ1) is 14.4. The fraction of sp³-hybridized carbons (Fsp3) is 0.647. The van der Waals surface area contributed by atoms with Crippen molar-refractivity contribution < 1.29 is 0 Å². The number of hydrogen-bond acceptors (Lipinski definition) is 2. The van der Waals surface area contributed by atoms with Crippen molar-refractivity contribution in [1.29, 1.82) is 0 Å². The van der Waals surface area contributed by atoms with Crippen LogP contribution in [0.4, 0.5) is 5.69 Å². The Morgan fingerprint density at radius 1 is 1.21 bits per heavy atom. The molecule has 1 aliphatic rings. The molecule has 0 bridgehead atoms. The highest BCUT2D eigenvalue weighted by Crippen LogP contribution is 2.23. The van der Waals surface area contributed by atoms with E-state index < -0.39 is 0 Å². The van der Waals surface area contributed by atoms with E-state index in [1.54, 1.807) is 0 Å². The van der Waals surface area contributed by atoms with Crippen molar-refractivity contribution >= 4 is 5.69 Å². The van der Waals surface area contributed by atoms with Gasteiger partial charge in [0.05, 0.1) is 0 Å². The molecule has 106 valence electrons. The van der Waals surface area contributed by atoms with Crippen molar-refractivity contribution in [2.75, 3.05) is 18.0 Å². The van der Waals surface area contributed by atoms with Crippen LogP contribution in [0.1, 0.15) is 44.2 Å². The molecule has 2 rings (SSSR count). The summed E-state index contributed by atoms with van der Waals surface area (Å²) in [5.74, 6) is 0. The highest BCUT2D eigenvalue weighted by molar-refractivity contribution is 5.55. The molecule has 1 aliphatic heterocycles. The highest BCUT2D eigenvalue weighted by atomic mass is 15.1. The Bertz CT molecular complexity index is 414. The van der Waals surface area contributed by atoms with Crippen LogP contribution >= 0.6 is 0 Å². The Labute approximate surface area is 118 Å². The third-order valence-electron chi connectivity index (χ3n) is 4.30. The van der Waals surface area contributed by atoms with Crippen molar-refractivity contribution in [1.82, 2.24) is 5.32 Å². The number of benzene rings is 1. The molecule has 19 heavy (non-hydrogen) atoms. The second-order valence-electron chi connectivity index (χ2n) is 6.03. The molecule has 1 heterocycles. The van der Waals surface area contributed by atoms with Gasteiger partial charge < -0.3 is 10.2 Å². The van der Waals surface area contributed by atoms with Gasteiger partial charge in [-0.15, -0.1) is 0 Å². The quantitative estimate of drug-likeness (QED) is 0.873. The number of nitrogens with one attached hydrogen (secondary N) is 1. The van der Waals surface area contributed by atoms with E-state index in [2.05, 4.69) is 56.1 Å². The first-order valence-electron chi connectivity index (χ1n) is 7.68. The summed E-state index contributed by atoms with van der Waals surface area (Å²) in [6, 6.07) is 8.10. The Morgan fingerprint density at radius 3 is 2.68 bits per heavy atom. The Balaban J connectivity index is 2.16. The van der Waals surface area contributed by atoms with Crippen LogP contribution in [0.2, 0.25) is 0 Å². The van der Waals surface area contributed by atoms with E-state index in [-0.39, 0.29) is 0 Å². The van der Waals surface area contributed by atoms with Gasteiger partial charge in [-0.2, -0.15) is 0 Å². The number of rotatable bonds is 2. The molecule has 0 spiro atoms. The predicted octanol–water partition coefficient (Wildman–Crippen LogP) is 3.66.